The molecule has 10 heteroatoms. The van der Waals surface area contributed by atoms with Crippen LogP contribution in [-0.2, 0) is 0 Å². The third kappa shape index (κ3) is 4.85. The van der Waals surface area contributed by atoms with Crippen molar-refractivity contribution in [1.82, 2.24) is 20.7 Å². The summed E-state index contributed by atoms with van der Waals surface area (Å²) < 4.78 is 44.1. The molecule has 1 atom stereocenters. The lowest BCUT2D eigenvalue weighted by Gasteiger charge is -2.35. The molecule has 1 aromatic rings. The number of rotatable bonds is 4. The fourth-order valence-corrected chi connectivity index (χ4v) is 2.19. The number of carbonyl (C=O) groups is 1. The monoisotopic (exact) mass is 342 g/mol. The van der Waals surface area contributed by atoms with Crippen molar-refractivity contribution in [2.45, 2.75) is 19.1 Å². The Hall–Kier alpha value is -1.32. The van der Waals surface area contributed by atoms with Crippen LogP contribution in [0.3, 0.4) is 0 Å². The Morgan fingerprint density at radius 1 is 1.50 bits per heavy atom. The molecule has 1 saturated heterocycles. The van der Waals surface area contributed by atoms with Crippen LogP contribution < -0.4 is 10.6 Å². The van der Waals surface area contributed by atoms with Crippen LogP contribution in [0.4, 0.5) is 13.2 Å². The van der Waals surface area contributed by atoms with E-state index in [1.807, 2.05) is 0 Å². The molecule has 1 aliphatic rings. The third-order valence-electron chi connectivity index (χ3n) is 3.28. The summed E-state index contributed by atoms with van der Waals surface area (Å²) >= 11 is 0. The topological polar surface area (TPSA) is 70.4 Å². The predicted octanol–water partition coefficient (Wildman–Crippen LogP) is 0.971. The van der Waals surface area contributed by atoms with E-state index in [9.17, 15) is 18.0 Å². The first-order chi connectivity index (χ1) is 9.88. The van der Waals surface area contributed by atoms with Gasteiger partial charge in [0.25, 0.3) is 5.91 Å². The summed E-state index contributed by atoms with van der Waals surface area (Å²) in [5, 5.41) is 8.78. The average molecular weight is 343 g/mol. The van der Waals surface area contributed by atoms with Gasteiger partial charge in [0.2, 0.25) is 5.76 Å². The Morgan fingerprint density at radius 2 is 2.14 bits per heavy atom. The zero-order chi connectivity index (χ0) is 15.5. The molecule has 2 heterocycles. The van der Waals surface area contributed by atoms with Gasteiger partial charge < -0.3 is 15.2 Å². The molecule has 1 aromatic heterocycles. The second-order valence-electron chi connectivity index (χ2n) is 4.89. The molecule has 2 N–H and O–H groups in total. The van der Waals surface area contributed by atoms with Gasteiger partial charge >= 0.3 is 6.18 Å². The Balaban J connectivity index is 0.00000242. The lowest BCUT2D eigenvalue weighted by atomic mass is 10.2. The van der Waals surface area contributed by atoms with Crippen LogP contribution in [0.1, 0.15) is 16.2 Å². The van der Waals surface area contributed by atoms with Gasteiger partial charge in [-0.15, -0.1) is 12.4 Å². The fourth-order valence-electron chi connectivity index (χ4n) is 2.19. The van der Waals surface area contributed by atoms with Crippen molar-refractivity contribution in [1.29, 1.82) is 0 Å². The van der Waals surface area contributed by atoms with E-state index in [-0.39, 0.29) is 18.2 Å². The van der Waals surface area contributed by atoms with E-state index in [1.54, 1.807) is 6.92 Å². The molecule has 0 aliphatic carbocycles. The van der Waals surface area contributed by atoms with Crippen molar-refractivity contribution in [3.8, 4) is 0 Å². The summed E-state index contributed by atoms with van der Waals surface area (Å²) in [6.07, 6.45) is -4.40. The Bertz CT molecular complexity index is 489. The molecule has 0 bridgehead atoms. The number of nitrogens with zero attached hydrogens (tertiary/aromatic N) is 2. The molecule has 0 aromatic carbocycles. The second kappa shape index (κ2) is 7.80. The zero-order valence-corrected chi connectivity index (χ0v) is 12.8. The Labute approximate surface area is 131 Å². The lowest BCUT2D eigenvalue weighted by molar-refractivity contribution is -0.183. The number of hydrogen-bond donors (Lipinski definition) is 2. The first-order valence-corrected chi connectivity index (χ1v) is 6.61. The molecule has 1 fully saturated rings. The highest BCUT2D eigenvalue weighted by molar-refractivity contribution is 5.91. The predicted molar refractivity (Wildman–Crippen MR) is 75.1 cm³/mol. The van der Waals surface area contributed by atoms with E-state index in [1.165, 1.54) is 11.0 Å². The molecule has 22 heavy (non-hydrogen) atoms. The van der Waals surface area contributed by atoms with Crippen LogP contribution in [0.15, 0.2) is 10.6 Å². The third-order valence-corrected chi connectivity index (χ3v) is 3.28. The molecular weight excluding hydrogens is 325 g/mol. The van der Waals surface area contributed by atoms with Crippen LogP contribution in [-0.4, -0.2) is 60.9 Å². The average Bonchev–Trinajstić information content (AvgIpc) is 2.85. The summed E-state index contributed by atoms with van der Waals surface area (Å²) in [6, 6.07) is -0.324. The number of amides is 1. The normalized spacial score (nSPS) is 17.6. The van der Waals surface area contributed by atoms with Crippen molar-refractivity contribution in [2.75, 3.05) is 32.7 Å². The van der Waals surface area contributed by atoms with Gasteiger partial charge in [0.15, 0.2) is 0 Å². The number of hydrogen-bond acceptors (Lipinski definition) is 5. The fraction of sp³-hybridized carbons (Fsp3) is 0.667. The number of halogens is 4. The minimum atomic E-state index is -4.40. The summed E-state index contributed by atoms with van der Waals surface area (Å²) in [7, 11) is 0. The smallest absolute Gasteiger partial charge is 0.351 e. The van der Waals surface area contributed by atoms with E-state index in [0.717, 1.165) is 0 Å². The number of aromatic nitrogens is 1. The first-order valence-electron chi connectivity index (χ1n) is 6.61. The molecule has 1 amide bonds. The van der Waals surface area contributed by atoms with Crippen LogP contribution in [0, 0.1) is 6.92 Å². The zero-order valence-electron chi connectivity index (χ0n) is 11.9. The highest BCUT2D eigenvalue weighted by Crippen LogP contribution is 2.24. The Kier molecular flexibility index (Phi) is 6.64. The second-order valence-corrected chi connectivity index (χ2v) is 4.89. The van der Waals surface area contributed by atoms with Crippen molar-refractivity contribution in [3.63, 3.8) is 0 Å². The molecule has 0 saturated carbocycles. The highest BCUT2D eigenvalue weighted by Gasteiger charge is 2.43. The number of alkyl halides is 3. The van der Waals surface area contributed by atoms with Gasteiger partial charge in [0, 0.05) is 38.8 Å². The molecular formula is C12H18ClF3N4O2. The molecule has 126 valence electrons. The van der Waals surface area contributed by atoms with Crippen molar-refractivity contribution in [3.05, 3.63) is 17.5 Å². The summed E-state index contributed by atoms with van der Waals surface area (Å²) in [6.45, 7) is 2.70. The number of aryl methyl sites for hydroxylation is 1. The van der Waals surface area contributed by atoms with E-state index in [4.69, 9.17) is 4.52 Å². The standard InChI is InChI=1S/C12H17F3N4O2.ClH/c1-8-6-9(21-18-8)11(20)17-7-10(12(13,14)15)19-4-2-16-3-5-19;/h6,10,16H,2-5,7H2,1H3,(H,17,20);1H. The van der Waals surface area contributed by atoms with Crippen molar-refractivity contribution >= 4 is 18.3 Å². The molecule has 1 aliphatic heterocycles. The molecule has 1 unspecified atom stereocenters. The van der Waals surface area contributed by atoms with Crippen LogP contribution in [0.5, 0.6) is 0 Å². The van der Waals surface area contributed by atoms with Crippen molar-refractivity contribution < 1.29 is 22.5 Å². The van der Waals surface area contributed by atoms with E-state index >= 15 is 0 Å². The van der Waals surface area contributed by atoms with Gasteiger partial charge in [-0.1, -0.05) is 5.16 Å². The first kappa shape index (κ1) is 18.7. The van der Waals surface area contributed by atoms with E-state index in [0.29, 0.717) is 31.9 Å². The van der Waals surface area contributed by atoms with Gasteiger partial charge in [0.05, 0.1) is 5.69 Å². The van der Waals surface area contributed by atoms with Gasteiger partial charge in [-0.2, -0.15) is 13.2 Å². The lowest BCUT2D eigenvalue weighted by Crippen LogP contribution is -2.57. The van der Waals surface area contributed by atoms with Crippen molar-refractivity contribution in [2.24, 2.45) is 0 Å². The van der Waals surface area contributed by atoms with E-state index in [2.05, 4.69) is 15.8 Å². The maximum atomic E-state index is 13.1. The Morgan fingerprint density at radius 3 is 2.64 bits per heavy atom. The minimum absolute atomic E-state index is 0. The van der Waals surface area contributed by atoms with Crippen LogP contribution >= 0.6 is 12.4 Å². The maximum absolute atomic E-state index is 13.1. The summed E-state index contributed by atoms with van der Waals surface area (Å²) in [5.41, 5.74) is 0.495. The van der Waals surface area contributed by atoms with Gasteiger partial charge in [0.1, 0.15) is 6.04 Å². The maximum Gasteiger partial charge on any atom is 0.405 e. The summed E-state index contributed by atoms with van der Waals surface area (Å²) in [5.74, 6) is -0.784. The number of carbonyl (C=O) groups excluding carboxylic acids is 1. The molecule has 0 spiro atoms. The van der Waals surface area contributed by atoms with Gasteiger partial charge in [-0.25, -0.2) is 0 Å². The van der Waals surface area contributed by atoms with E-state index < -0.39 is 24.7 Å². The number of piperazine rings is 1. The largest absolute Gasteiger partial charge is 0.405 e. The quantitative estimate of drug-likeness (QED) is 0.853. The number of nitrogens with one attached hydrogen (secondary N) is 2. The molecule has 6 nitrogen and oxygen atoms in total. The SMILES string of the molecule is Cc1cc(C(=O)NCC(N2CCNCC2)C(F)(F)F)on1.Cl. The van der Waals surface area contributed by atoms with Gasteiger partial charge in [-0.05, 0) is 6.92 Å². The van der Waals surface area contributed by atoms with Crippen LogP contribution in [0.25, 0.3) is 0 Å². The minimum Gasteiger partial charge on any atom is -0.351 e. The molecule has 2 rings (SSSR count). The molecule has 0 radical (unpaired) electrons. The summed E-state index contributed by atoms with van der Waals surface area (Å²) in [4.78, 5) is 13.1. The van der Waals surface area contributed by atoms with Crippen LogP contribution in [0.2, 0.25) is 0 Å². The highest BCUT2D eigenvalue weighted by atomic mass is 35.5. The van der Waals surface area contributed by atoms with Gasteiger partial charge in [-0.3, -0.25) is 9.69 Å².